The molecule has 0 unspecified atom stereocenters. The molecule has 4 heteroatoms. The van der Waals surface area contributed by atoms with Crippen molar-refractivity contribution in [2.24, 2.45) is 0 Å². The zero-order chi connectivity index (χ0) is 21.5. The summed E-state index contributed by atoms with van der Waals surface area (Å²) >= 11 is 0. The van der Waals surface area contributed by atoms with Gasteiger partial charge in [0.2, 0.25) is 0 Å². The lowest BCUT2D eigenvalue weighted by molar-refractivity contribution is 0.304. The van der Waals surface area contributed by atoms with E-state index in [1.54, 1.807) is 48.5 Å². The monoisotopic (exact) mass is 412 g/mol. The lowest BCUT2D eigenvalue weighted by Crippen LogP contribution is -1.99. The molecule has 0 aromatic heterocycles. The van der Waals surface area contributed by atoms with Crippen molar-refractivity contribution in [3.8, 4) is 16.9 Å². The van der Waals surface area contributed by atoms with Crippen molar-refractivity contribution in [3.63, 3.8) is 0 Å². The molecule has 0 spiro atoms. The lowest BCUT2D eigenvalue weighted by atomic mass is 9.99. The number of rotatable bonds is 9. The van der Waals surface area contributed by atoms with E-state index in [9.17, 15) is 13.2 Å². The van der Waals surface area contributed by atoms with Crippen LogP contribution in [-0.2, 0) is 19.4 Å². The molecule has 0 fully saturated rings. The first-order chi connectivity index (χ1) is 14.5. The predicted octanol–water partition coefficient (Wildman–Crippen LogP) is 7.65. The third kappa shape index (κ3) is 5.24. The topological polar surface area (TPSA) is 9.23 Å². The van der Waals surface area contributed by atoms with Crippen molar-refractivity contribution in [1.82, 2.24) is 0 Å². The van der Waals surface area contributed by atoms with Crippen molar-refractivity contribution in [2.75, 3.05) is 0 Å². The third-order valence-corrected chi connectivity index (χ3v) is 5.18. The normalized spacial score (nSPS) is 11.0. The van der Waals surface area contributed by atoms with E-state index >= 15 is 0 Å². The minimum Gasteiger partial charge on any atom is -0.489 e. The summed E-state index contributed by atoms with van der Waals surface area (Å²) in [5.41, 5.74) is 2.81. The maximum Gasteiger partial charge on any atom is 0.166 e. The molecule has 3 aromatic carbocycles. The van der Waals surface area contributed by atoms with Crippen LogP contribution in [0.5, 0.6) is 5.75 Å². The first kappa shape index (κ1) is 21.9. The van der Waals surface area contributed by atoms with Gasteiger partial charge >= 0.3 is 0 Å². The third-order valence-electron chi connectivity index (χ3n) is 5.18. The molecule has 0 aliphatic rings. The van der Waals surface area contributed by atoms with Crippen LogP contribution >= 0.6 is 0 Å². The number of hydrogen-bond acceptors (Lipinski definition) is 1. The van der Waals surface area contributed by atoms with Crippen LogP contribution in [0, 0.1) is 17.5 Å². The second kappa shape index (κ2) is 10.3. The molecule has 3 aromatic rings. The molecule has 30 heavy (non-hydrogen) atoms. The molecule has 0 bridgehead atoms. The van der Waals surface area contributed by atoms with E-state index in [-0.39, 0.29) is 18.0 Å². The van der Waals surface area contributed by atoms with Crippen LogP contribution in [0.25, 0.3) is 11.1 Å². The van der Waals surface area contributed by atoms with Gasteiger partial charge in [0.1, 0.15) is 18.2 Å². The Hall–Kier alpha value is -2.75. The average molecular weight is 412 g/mol. The Morgan fingerprint density at radius 2 is 1.47 bits per heavy atom. The van der Waals surface area contributed by atoms with E-state index in [1.807, 2.05) is 13.8 Å². The van der Waals surface area contributed by atoms with Gasteiger partial charge in [-0.15, -0.1) is 0 Å². The molecule has 0 aliphatic carbocycles. The number of benzene rings is 3. The van der Waals surface area contributed by atoms with E-state index in [0.29, 0.717) is 35.3 Å². The van der Waals surface area contributed by atoms with Crippen molar-refractivity contribution >= 4 is 0 Å². The van der Waals surface area contributed by atoms with Crippen molar-refractivity contribution in [3.05, 3.63) is 88.7 Å². The molecule has 158 valence electrons. The Bertz CT molecular complexity index is 980. The molecule has 0 N–H and O–H groups in total. The van der Waals surface area contributed by atoms with Gasteiger partial charge < -0.3 is 4.74 Å². The van der Waals surface area contributed by atoms with E-state index < -0.39 is 11.6 Å². The Kier molecular flexibility index (Phi) is 7.56. The SMILES string of the molecule is CCCCc1ccc(-c2ccc(COc3ccc(CCC)c(F)c3)cc2)c(F)c1F. The molecule has 0 saturated heterocycles. The van der Waals surface area contributed by atoms with Gasteiger partial charge in [0.15, 0.2) is 11.6 Å². The van der Waals surface area contributed by atoms with Crippen LogP contribution in [0.15, 0.2) is 54.6 Å². The number of aryl methyl sites for hydroxylation is 2. The number of hydrogen-bond donors (Lipinski definition) is 0. The number of halogens is 3. The van der Waals surface area contributed by atoms with Gasteiger partial charge in [-0.1, -0.05) is 69.2 Å². The van der Waals surface area contributed by atoms with Gasteiger partial charge in [-0.3, -0.25) is 0 Å². The first-order valence-electron chi connectivity index (χ1n) is 10.5. The van der Waals surface area contributed by atoms with Crippen molar-refractivity contribution in [1.29, 1.82) is 0 Å². The summed E-state index contributed by atoms with van der Waals surface area (Å²) < 4.78 is 48.6. The fourth-order valence-corrected chi connectivity index (χ4v) is 3.41. The smallest absolute Gasteiger partial charge is 0.166 e. The summed E-state index contributed by atoms with van der Waals surface area (Å²) in [5, 5.41) is 0. The maximum atomic E-state index is 14.5. The summed E-state index contributed by atoms with van der Waals surface area (Å²) in [6, 6.07) is 15.3. The number of unbranched alkanes of at least 4 members (excludes halogenated alkanes) is 1. The molecule has 0 amide bonds. The summed E-state index contributed by atoms with van der Waals surface area (Å²) in [5.74, 6) is -1.37. The van der Waals surface area contributed by atoms with E-state index in [0.717, 1.165) is 24.8 Å². The van der Waals surface area contributed by atoms with Gasteiger partial charge in [0.05, 0.1) is 0 Å². The van der Waals surface area contributed by atoms with Crippen LogP contribution in [0.2, 0.25) is 0 Å². The molecule has 1 nitrogen and oxygen atoms in total. The van der Waals surface area contributed by atoms with Crippen LogP contribution in [0.3, 0.4) is 0 Å². The van der Waals surface area contributed by atoms with Crippen LogP contribution in [-0.4, -0.2) is 0 Å². The Morgan fingerprint density at radius 3 is 2.13 bits per heavy atom. The summed E-state index contributed by atoms with van der Waals surface area (Å²) in [6.07, 6.45) is 3.88. The summed E-state index contributed by atoms with van der Waals surface area (Å²) in [7, 11) is 0. The first-order valence-corrected chi connectivity index (χ1v) is 10.5. The van der Waals surface area contributed by atoms with E-state index in [4.69, 9.17) is 4.74 Å². The highest BCUT2D eigenvalue weighted by Crippen LogP contribution is 2.28. The lowest BCUT2D eigenvalue weighted by Gasteiger charge is -2.11. The van der Waals surface area contributed by atoms with Gasteiger partial charge in [-0.25, -0.2) is 13.2 Å². The van der Waals surface area contributed by atoms with Gasteiger partial charge in [0, 0.05) is 11.6 Å². The van der Waals surface area contributed by atoms with Crippen LogP contribution in [0.4, 0.5) is 13.2 Å². The van der Waals surface area contributed by atoms with Gasteiger partial charge in [-0.05, 0) is 47.6 Å². The second-order valence-corrected chi connectivity index (χ2v) is 7.49. The molecule has 0 aliphatic heterocycles. The zero-order valence-corrected chi connectivity index (χ0v) is 17.5. The predicted molar refractivity (Wildman–Crippen MR) is 115 cm³/mol. The highest BCUT2D eigenvalue weighted by molar-refractivity contribution is 5.65. The highest BCUT2D eigenvalue weighted by Gasteiger charge is 2.14. The minimum absolute atomic E-state index is 0.244. The van der Waals surface area contributed by atoms with Crippen LogP contribution < -0.4 is 4.74 Å². The Balaban J connectivity index is 1.68. The quantitative estimate of drug-likeness (QED) is 0.351. The molecular weight excluding hydrogens is 385 g/mol. The molecular formula is C26H27F3O. The molecule has 0 atom stereocenters. The fraction of sp³-hybridized carbons (Fsp3) is 0.308. The molecule has 0 heterocycles. The molecule has 0 radical (unpaired) electrons. The Morgan fingerprint density at radius 1 is 0.733 bits per heavy atom. The zero-order valence-electron chi connectivity index (χ0n) is 17.5. The van der Waals surface area contributed by atoms with Crippen molar-refractivity contribution in [2.45, 2.75) is 52.6 Å². The van der Waals surface area contributed by atoms with E-state index in [1.165, 1.54) is 6.07 Å². The van der Waals surface area contributed by atoms with E-state index in [2.05, 4.69) is 0 Å². The van der Waals surface area contributed by atoms with Crippen molar-refractivity contribution < 1.29 is 17.9 Å². The number of ether oxygens (including phenoxy) is 1. The van der Waals surface area contributed by atoms with Gasteiger partial charge in [-0.2, -0.15) is 0 Å². The molecule has 0 saturated carbocycles. The summed E-state index contributed by atoms with van der Waals surface area (Å²) in [6.45, 7) is 4.29. The molecule has 3 rings (SSSR count). The standard InChI is InChI=1S/C26H27F3O/c1-3-5-7-21-13-15-23(26(29)25(21)28)19-10-8-18(9-11-19)17-30-22-14-12-20(6-4-2)24(27)16-22/h8-16H,3-7,17H2,1-2H3. The maximum absolute atomic E-state index is 14.5. The fourth-order valence-electron chi connectivity index (χ4n) is 3.41. The average Bonchev–Trinajstić information content (AvgIpc) is 2.76. The minimum atomic E-state index is -0.810. The Labute approximate surface area is 176 Å². The van der Waals surface area contributed by atoms with Crippen LogP contribution in [0.1, 0.15) is 49.8 Å². The second-order valence-electron chi connectivity index (χ2n) is 7.49. The highest BCUT2D eigenvalue weighted by atomic mass is 19.2. The summed E-state index contributed by atoms with van der Waals surface area (Å²) in [4.78, 5) is 0. The van der Waals surface area contributed by atoms with Gasteiger partial charge in [0.25, 0.3) is 0 Å². The largest absolute Gasteiger partial charge is 0.489 e.